The smallest absolute Gasteiger partial charge is 0.153 e. The number of morpholine rings is 1. The van der Waals surface area contributed by atoms with E-state index in [0.29, 0.717) is 6.61 Å². The monoisotopic (exact) mass is 316 g/mol. The molecule has 124 valence electrons. The normalized spacial score (nSPS) is 19.3. The van der Waals surface area contributed by atoms with Crippen molar-refractivity contribution in [2.75, 3.05) is 26.3 Å². The maximum atomic E-state index is 5.79. The standard InChI is InChI=1S/C17H24N4O2/c1-14(2)23-13-16-12-20(9-10-22-16)11-15-6-8-19-21(15)17-5-3-4-7-18-17/h3-8,14,16H,9-13H2,1-2H3. The average Bonchev–Trinajstić information content (AvgIpc) is 3.02. The van der Waals surface area contributed by atoms with Gasteiger partial charge in [-0.3, -0.25) is 4.90 Å². The molecular formula is C17H24N4O2. The lowest BCUT2D eigenvalue weighted by atomic mass is 10.2. The van der Waals surface area contributed by atoms with Gasteiger partial charge in [0, 0.05) is 32.0 Å². The molecular weight excluding hydrogens is 292 g/mol. The van der Waals surface area contributed by atoms with Gasteiger partial charge in [0.05, 0.1) is 31.1 Å². The molecule has 0 amide bonds. The number of ether oxygens (including phenoxy) is 2. The Labute approximate surface area is 137 Å². The molecule has 23 heavy (non-hydrogen) atoms. The Morgan fingerprint density at radius 1 is 1.30 bits per heavy atom. The van der Waals surface area contributed by atoms with Gasteiger partial charge in [-0.1, -0.05) is 6.07 Å². The van der Waals surface area contributed by atoms with Crippen molar-refractivity contribution < 1.29 is 9.47 Å². The predicted octanol–water partition coefficient (Wildman–Crippen LogP) is 1.89. The summed E-state index contributed by atoms with van der Waals surface area (Å²) >= 11 is 0. The largest absolute Gasteiger partial charge is 0.376 e. The Hall–Kier alpha value is -1.76. The number of hydrogen-bond donors (Lipinski definition) is 0. The van der Waals surface area contributed by atoms with Gasteiger partial charge in [0.2, 0.25) is 0 Å². The van der Waals surface area contributed by atoms with Crippen LogP contribution >= 0.6 is 0 Å². The highest BCUT2D eigenvalue weighted by Gasteiger charge is 2.22. The van der Waals surface area contributed by atoms with E-state index < -0.39 is 0 Å². The molecule has 0 spiro atoms. The second-order valence-corrected chi connectivity index (χ2v) is 6.03. The minimum absolute atomic E-state index is 0.136. The summed E-state index contributed by atoms with van der Waals surface area (Å²) < 4.78 is 13.4. The predicted molar refractivity (Wildman–Crippen MR) is 87.5 cm³/mol. The summed E-state index contributed by atoms with van der Waals surface area (Å²) in [5, 5.41) is 4.40. The summed E-state index contributed by atoms with van der Waals surface area (Å²) in [5.41, 5.74) is 1.13. The van der Waals surface area contributed by atoms with Crippen molar-refractivity contribution >= 4 is 0 Å². The first-order chi connectivity index (χ1) is 11.2. The van der Waals surface area contributed by atoms with E-state index in [1.54, 1.807) is 6.20 Å². The Balaban J connectivity index is 1.62. The zero-order valence-electron chi connectivity index (χ0n) is 13.8. The van der Waals surface area contributed by atoms with E-state index in [0.717, 1.165) is 37.8 Å². The van der Waals surface area contributed by atoms with Crippen LogP contribution in [0.1, 0.15) is 19.5 Å². The summed E-state index contributed by atoms with van der Waals surface area (Å²) in [4.78, 5) is 6.76. The molecule has 1 unspecified atom stereocenters. The maximum Gasteiger partial charge on any atom is 0.153 e. The van der Waals surface area contributed by atoms with Crippen LogP contribution in [0.2, 0.25) is 0 Å². The van der Waals surface area contributed by atoms with Gasteiger partial charge in [-0.05, 0) is 32.0 Å². The summed E-state index contributed by atoms with van der Waals surface area (Å²) in [5.74, 6) is 0.848. The molecule has 1 aliphatic heterocycles. The molecule has 3 rings (SSSR count). The fourth-order valence-corrected chi connectivity index (χ4v) is 2.69. The highest BCUT2D eigenvalue weighted by Crippen LogP contribution is 2.13. The van der Waals surface area contributed by atoms with E-state index in [1.807, 2.05) is 49.0 Å². The third-order valence-corrected chi connectivity index (χ3v) is 3.81. The second-order valence-electron chi connectivity index (χ2n) is 6.03. The van der Waals surface area contributed by atoms with Crippen molar-refractivity contribution in [1.29, 1.82) is 0 Å². The SMILES string of the molecule is CC(C)OCC1CN(Cc2ccnn2-c2ccccn2)CCO1. The van der Waals surface area contributed by atoms with Crippen molar-refractivity contribution in [3.05, 3.63) is 42.4 Å². The maximum absolute atomic E-state index is 5.79. The highest BCUT2D eigenvalue weighted by molar-refractivity contribution is 5.23. The first-order valence-corrected chi connectivity index (χ1v) is 8.12. The lowest BCUT2D eigenvalue weighted by molar-refractivity contribution is -0.0817. The molecule has 1 saturated heterocycles. The first-order valence-electron chi connectivity index (χ1n) is 8.12. The molecule has 3 heterocycles. The van der Waals surface area contributed by atoms with Crippen molar-refractivity contribution in [3.8, 4) is 5.82 Å². The molecule has 2 aromatic heterocycles. The lowest BCUT2D eigenvalue weighted by Crippen LogP contribution is -2.44. The molecule has 0 aliphatic carbocycles. The summed E-state index contributed by atoms with van der Waals surface area (Å²) in [7, 11) is 0. The lowest BCUT2D eigenvalue weighted by Gasteiger charge is -2.33. The molecule has 6 nitrogen and oxygen atoms in total. The van der Waals surface area contributed by atoms with E-state index in [4.69, 9.17) is 9.47 Å². The first kappa shape index (κ1) is 16.1. The van der Waals surface area contributed by atoms with E-state index in [9.17, 15) is 0 Å². The van der Waals surface area contributed by atoms with Crippen molar-refractivity contribution in [2.45, 2.75) is 32.6 Å². The van der Waals surface area contributed by atoms with Gasteiger partial charge in [-0.15, -0.1) is 0 Å². The summed E-state index contributed by atoms with van der Waals surface area (Å²) in [6.07, 6.45) is 3.98. The highest BCUT2D eigenvalue weighted by atomic mass is 16.5. The Morgan fingerprint density at radius 2 is 2.22 bits per heavy atom. The zero-order valence-corrected chi connectivity index (χ0v) is 13.8. The van der Waals surface area contributed by atoms with Crippen molar-refractivity contribution in [2.24, 2.45) is 0 Å². The van der Waals surface area contributed by atoms with Crippen LogP contribution in [0.25, 0.3) is 5.82 Å². The molecule has 0 bridgehead atoms. The number of aromatic nitrogens is 3. The minimum Gasteiger partial charge on any atom is -0.376 e. The minimum atomic E-state index is 0.136. The quantitative estimate of drug-likeness (QED) is 0.814. The molecule has 2 aromatic rings. The third kappa shape index (κ3) is 4.37. The summed E-state index contributed by atoms with van der Waals surface area (Å²) in [6, 6.07) is 7.90. The molecule has 0 saturated carbocycles. The number of hydrogen-bond acceptors (Lipinski definition) is 5. The molecule has 0 aromatic carbocycles. The van der Waals surface area contributed by atoms with Crippen LogP contribution in [0.5, 0.6) is 0 Å². The molecule has 1 fully saturated rings. The molecule has 1 atom stereocenters. The van der Waals surface area contributed by atoms with Crippen LogP contribution < -0.4 is 0 Å². The third-order valence-electron chi connectivity index (χ3n) is 3.81. The van der Waals surface area contributed by atoms with E-state index in [1.165, 1.54) is 0 Å². The van der Waals surface area contributed by atoms with Crippen LogP contribution in [0, 0.1) is 0 Å². The molecule has 6 heteroatoms. The van der Waals surface area contributed by atoms with Gasteiger partial charge < -0.3 is 9.47 Å². The number of pyridine rings is 1. The number of rotatable bonds is 6. The molecule has 0 N–H and O–H groups in total. The van der Waals surface area contributed by atoms with Gasteiger partial charge >= 0.3 is 0 Å². The molecule has 1 aliphatic rings. The zero-order chi connectivity index (χ0) is 16.1. The van der Waals surface area contributed by atoms with Gasteiger partial charge in [-0.2, -0.15) is 5.10 Å². The van der Waals surface area contributed by atoms with Gasteiger partial charge in [0.25, 0.3) is 0 Å². The van der Waals surface area contributed by atoms with Crippen LogP contribution in [-0.4, -0.2) is 58.2 Å². The fourth-order valence-electron chi connectivity index (χ4n) is 2.69. The van der Waals surface area contributed by atoms with E-state index in [-0.39, 0.29) is 12.2 Å². The van der Waals surface area contributed by atoms with Crippen LogP contribution in [0.15, 0.2) is 36.7 Å². The van der Waals surface area contributed by atoms with E-state index in [2.05, 4.69) is 15.0 Å². The fraction of sp³-hybridized carbons (Fsp3) is 0.529. The van der Waals surface area contributed by atoms with Crippen LogP contribution in [-0.2, 0) is 16.0 Å². The summed E-state index contributed by atoms with van der Waals surface area (Å²) in [6.45, 7) is 8.11. The van der Waals surface area contributed by atoms with E-state index >= 15 is 0 Å². The van der Waals surface area contributed by atoms with Crippen molar-refractivity contribution in [1.82, 2.24) is 19.7 Å². The molecule has 0 radical (unpaired) electrons. The Bertz CT molecular complexity index is 600. The topological polar surface area (TPSA) is 52.4 Å². The average molecular weight is 316 g/mol. The Morgan fingerprint density at radius 3 is 3.00 bits per heavy atom. The van der Waals surface area contributed by atoms with Crippen LogP contribution in [0.3, 0.4) is 0 Å². The van der Waals surface area contributed by atoms with Gasteiger partial charge in [0.15, 0.2) is 5.82 Å². The Kier molecular flexibility index (Phi) is 5.38. The van der Waals surface area contributed by atoms with Gasteiger partial charge in [0.1, 0.15) is 0 Å². The second kappa shape index (κ2) is 7.68. The van der Waals surface area contributed by atoms with Gasteiger partial charge in [-0.25, -0.2) is 9.67 Å². The van der Waals surface area contributed by atoms with Crippen LogP contribution in [0.4, 0.5) is 0 Å². The van der Waals surface area contributed by atoms with Crippen molar-refractivity contribution in [3.63, 3.8) is 0 Å². The number of nitrogens with zero attached hydrogens (tertiary/aromatic N) is 4.